The molecule has 0 unspecified atom stereocenters. The molecule has 1 fully saturated rings. The molecule has 0 saturated carbocycles. The summed E-state index contributed by atoms with van der Waals surface area (Å²) in [5.74, 6) is -0.894. The van der Waals surface area contributed by atoms with Gasteiger partial charge in [0.25, 0.3) is 5.69 Å². The number of ether oxygens (including phenoxy) is 1. The van der Waals surface area contributed by atoms with Crippen LogP contribution in [-0.2, 0) is 14.6 Å². The number of hydrogen-bond donors (Lipinski definition) is 1. The summed E-state index contributed by atoms with van der Waals surface area (Å²) >= 11 is 0. The smallest absolute Gasteiger partial charge is 0.293 e. The predicted molar refractivity (Wildman–Crippen MR) is 106 cm³/mol. The summed E-state index contributed by atoms with van der Waals surface area (Å²) in [4.78, 5) is 23.9. The highest BCUT2D eigenvalue weighted by molar-refractivity contribution is 7.91. The van der Waals surface area contributed by atoms with Crippen LogP contribution in [0, 0.1) is 10.1 Å². The number of anilines is 1. The van der Waals surface area contributed by atoms with Gasteiger partial charge in [0.05, 0.1) is 20.3 Å². The number of benzene rings is 2. The highest BCUT2D eigenvalue weighted by atomic mass is 32.2. The monoisotopic (exact) mass is 419 g/mol. The molecule has 29 heavy (non-hydrogen) atoms. The van der Waals surface area contributed by atoms with Crippen LogP contribution < -0.4 is 10.6 Å². The summed E-state index contributed by atoms with van der Waals surface area (Å²) < 4.78 is 31.4. The molecule has 9 nitrogen and oxygen atoms in total. The maximum Gasteiger partial charge on any atom is 0.293 e. The van der Waals surface area contributed by atoms with Gasteiger partial charge < -0.3 is 15.4 Å². The van der Waals surface area contributed by atoms with Gasteiger partial charge in [0.2, 0.25) is 15.7 Å². The van der Waals surface area contributed by atoms with E-state index in [1.807, 2.05) is 0 Å². The van der Waals surface area contributed by atoms with E-state index in [9.17, 15) is 23.3 Å². The Morgan fingerprint density at radius 1 is 1.21 bits per heavy atom. The third-order valence-corrected chi connectivity index (χ3v) is 6.82. The first kappa shape index (κ1) is 20.7. The zero-order valence-electron chi connectivity index (χ0n) is 15.8. The fourth-order valence-electron chi connectivity index (χ4n) is 3.42. The van der Waals surface area contributed by atoms with E-state index in [2.05, 4.69) is 0 Å². The van der Waals surface area contributed by atoms with Gasteiger partial charge in [-0.1, -0.05) is 12.1 Å². The number of nitrogens with two attached hydrogens (primary N) is 1. The minimum Gasteiger partial charge on any atom is -0.381 e. The molecule has 10 heteroatoms. The first-order valence-electron chi connectivity index (χ1n) is 8.96. The highest BCUT2D eigenvalue weighted by Crippen LogP contribution is 2.35. The molecule has 1 heterocycles. The van der Waals surface area contributed by atoms with Crippen LogP contribution in [0.1, 0.15) is 23.2 Å². The molecule has 0 aliphatic carbocycles. The van der Waals surface area contributed by atoms with Crippen LogP contribution in [-0.4, -0.2) is 45.6 Å². The fraction of sp³-hybridized carbons (Fsp3) is 0.316. The Balaban J connectivity index is 2.07. The van der Waals surface area contributed by atoms with Crippen LogP contribution in [0.3, 0.4) is 0 Å². The normalized spacial score (nSPS) is 15.1. The van der Waals surface area contributed by atoms with Gasteiger partial charge in [-0.05, 0) is 37.1 Å². The van der Waals surface area contributed by atoms with Crippen molar-refractivity contribution in [3.05, 3.63) is 58.1 Å². The molecular weight excluding hydrogens is 398 g/mol. The summed E-state index contributed by atoms with van der Waals surface area (Å²) in [6.45, 7) is 1.14. The first-order valence-corrected chi connectivity index (χ1v) is 10.4. The van der Waals surface area contributed by atoms with E-state index in [0.717, 1.165) is 18.9 Å². The van der Waals surface area contributed by atoms with Crippen molar-refractivity contribution >= 4 is 27.1 Å². The number of rotatable bonds is 6. The minimum atomic E-state index is -4.18. The molecule has 2 N–H and O–H groups in total. The number of amides is 1. The average Bonchev–Trinajstić information content (AvgIpc) is 2.73. The number of carbonyl (C=O) groups is 1. The molecule has 1 saturated heterocycles. The molecule has 3 rings (SSSR count). The van der Waals surface area contributed by atoms with Crippen molar-refractivity contribution in [1.29, 1.82) is 0 Å². The van der Waals surface area contributed by atoms with Gasteiger partial charge in [-0.3, -0.25) is 14.9 Å². The molecule has 0 spiro atoms. The second-order valence-electron chi connectivity index (χ2n) is 6.73. The Morgan fingerprint density at radius 3 is 2.48 bits per heavy atom. The lowest BCUT2D eigenvalue weighted by molar-refractivity contribution is -0.384. The van der Waals surface area contributed by atoms with Gasteiger partial charge in [-0.25, -0.2) is 8.42 Å². The van der Waals surface area contributed by atoms with E-state index in [-0.39, 0.29) is 27.1 Å². The summed E-state index contributed by atoms with van der Waals surface area (Å²) in [6.07, 6.45) is 1.44. The second-order valence-corrected chi connectivity index (χ2v) is 8.64. The standard InChI is InChI=1S/C19H21N3O6S/c1-21(13-8-10-28-11-9-13)16-7-6-14(12-17(16)22(24)25)29(26,27)18-5-3-2-4-15(18)19(20)23/h2-7,12-13H,8-11H2,1H3,(H2,20,23). The van der Waals surface area contributed by atoms with Crippen LogP contribution in [0.2, 0.25) is 0 Å². The van der Waals surface area contributed by atoms with Gasteiger partial charge in [0.1, 0.15) is 5.69 Å². The van der Waals surface area contributed by atoms with Crippen molar-refractivity contribution in [3.8, 4) is 0 Å². The molecular formula is C19H21N3O6S. The molecule has 1 amide bonds. The third kappa shape index (κ3) is 4.08. The summed E-state index contributed by atoms with van der Waals surface area (Å²) in [6, 6.07) is 9.33. The predicted octanol–water partition coefficient (Wildman–Crippen LogP) is 2.14. The van der Waals surface area contributed by atoms with Crippen LogP contribution in [0.15, 0.2) is 52.3 Å². The number of nitro benzene ring substituents is 1. The van der Waals surface area contributed by atoms with E-state index in [0.29, 0.717) is 18.9 Å². The molecule has 0 bridgehead atoms. The van der Waals surface area contributed by atoms with E-state index >= 15 is 0 Å². The lowest BCUT2D eigenvalue weighted by Crippen LogP contribution is -2.37. The van der Waals surface area contributed by atoms with Crippen LogP contribution in [0.25, 0.3) is 0 Å². The molecule has 1 aliphatic rings. The summed E-state index contributed by atoms with van der Waals surface area (Å²) in [7, 11) is -2.44. The minimum absolute atomic E-state index is 0.0560. The van der Waals surface area contributed by atoms with Crippen molar-refractivity contribution in [2.75, 3.05) is 25.2 Å². The van der Waals surface area contributed by atoms with Crippen molar-refractivity contribution in [2.24, 2.45) is 5.73 Å². The van der Waals surface area contributed by atoms with Gasteiger partial charge in [0.15, 0.2) is 0 Å². The van der Waals surface area contributed by atoms with E-state index < -0.39 is 20.7 Å². The summed E-state index contributed by atoms with van der Waals surface area (Å²) in [5, 5.41) is 11.7. The Labute approximate surface area is 168 Å². The second kappa shape index (κ2) is 8.18. The quantitative estimate of drug-likeness (QED) is 0.560. The topological polar surface area (TPSA) is 133 Å². The Bertz CT molecular complexity index is 1050. The zero-order chi connectivity index (χ0) is 21.2. The first-order chi connectivity index (χ1) is 13.7. The van der Waals surface area contributed by atoms with Gasteiger partial charge in [-0.15, -0.1) is 0 Å². The van der Waals surface area contributed by atoms with E-state index in [4.69, 9.17) is 10.5 Å². The van der Waals surface area contributed by atoms with E-state index in [1.54, 1.807) is 11.9 Å². The lowest BCUT2D eigenvalue weighted by Gasteiger charge is -2.32. The zero-order valence-corrected chi connectivity index (χ0v) is 16.6. The number of sulfone groups is 1. The van der Waals surface area contributed by atoms with Gasteiger partial charge in [-0.2, -0.15) is 0 Å². The SMILES string of the molecule is CN(c1ccc(S(=O)(=O)c2ccccc2C(N)=O)cc1[N+](=O)[O-])C1CCOCC1. The number of hydrogen-bond acceptors (Lipinski definition) is 7. The Hall–Kier alpha value is -2.98. The Morgan fingerprint density at radius 2 is 1.86 bits per heavy atom. The number of nitrogens with zero attached hydrogens (tertiary/aromatic N) is 2. The van der Waals surface area contributed by atoms with Gasteiger partial charge in [0, 0.05) is 32.4 Å². The highest BCUT2D eigenvalue weighted by Gasteiger charge is 2.29. The molecule has 154 valence electrons. The molecule has 0 atom stereocenters. The number of carbonyl (C=O) groups excluding carboxylic acids is 1. The number of primary amides is 1. The van der Waals surface area contributed by atoms with Gasteiger partial charge >= 0.3 is 0 Å². The summed E-state index contributed by atoms with van der Waals surface area (Å²) in [5.41, 5.74) is 5.12. The maximum atomic E-state index is 13.1. The molecule has 0 aromatic heterocycles. The average molecular weight is 419 g/mol. The largest absolute Gasteiger partial charge is 0.381 e. The van der Waals surface area contributed by atoms with E-state index in [1.165, 1.54) is 36.4 Å². The number of nitro groups is 1. The molecule has 0 radical (unpaired) electrons. The Kier molecular flexibility index (Phi) is 5.85. The van der Waals surface area contributed by atoms with Crippen molar-refractivity contribution in [2.45, 2.75) is 28.7 Å². The van der Waals surface area contributed by atoms with Crippen LogP contribution >= 0.6 is 0 Å². The lowest BCUT2D eigenvalue weighted by atomic mass is 10.1. The molecule has 2 aromatic rings. The fourth-order valence-corrected chi connectivity index (χ4v) is 4.90. The third-order valence-electron chi connectivity index (χ3n) is 5.01. The van der Waals surface area contributed by atoms with Crippen LogP contribution in [0.4, 0.5) is 11.4 Å². The van der Waals surface area contributed by atoms with Crippen molar-refractivity contribution in [1.82, 2.24) is 0 Å². The van der Waals surface area contributed by atoms with Crippen LogP contribution in [0.5, 0.6) is 0 Å². The molecule has 2 aromatic carbocycles. The van der Waals surface area contributed by atoms with Crippen molar-refractivity contribution < 1.29 is 22.9 Å². The maximum absolute atomic E-state index is 13.1. The van der Waals surface area contributed by atoms with Crippen molar-refractivity contribution in [3.63, 3.8) is 0 Å². The molecule has 1 aliphatic heterocycles.